The lowest BCUT2D eigenvalue weighted by molar-refractivity contribution is -0.121. The maximum absolute atomic E-state index is 12.3. The average Bonchev–Trinajstić information content (AvgIpc) is 2.99. The second-order valence-electron chi connectivity index (χ2n) is 6.15. The van der Waals surface area contributed by atoms with Crippen LogP contribution >= 0.6 is 0 Å². The Labute approximate surface area is 135 Å². The molecule has 0 radical (unpaired) electrons. The highest BCUT2D eigenvalue weighted by Gasteiger charge is 2.32. The SMILES string of the molecule is CCC(=O)[C@@H]1Cc2c([nH]c3ccccc23)C(c2ccccc2)N1. The highest BCUT2D eigenvalue weighted by atomic mass is 16.1. The van der Waals surface area contributed by atoms with Gasteiger partial charge in [-0.15, -0.1) is 0 Å². The van der Waals surface area contributed by atoms with Crippen LogP contribution in [-0.2, 0) is 11.2 Å². The van der Waals surface area contributed by atoms with Crippen LogP contribution in [0.4, 0.5) is 0 Å². The highest BCUT2D eigenvalue weighted by molar-refractivity contribution is 5.89. The van der Waals surface area contributed by atoms with Crippen molar-refractivity contribution >= 4 is 16.7 Å². The van der Waals surface area contributed by atoms with Crippen molar-refractivity contribution in [1.29, 1.82) is 0 Å². The molecule has 0 spiro atoms. The minimum absolute atomic E-state index is 0.0350. The molecule has 2 atom stereocenters. The van der Waals surface area contributed by atoms with Gasteiger partial charge in [-0.2, -0.15) is 0 Å². The molecule has 0 aliphatic carbocycles. The lowest BCUT2D eigenvalue weighted by Crippen LogP contribution is -2.44. The number of fused-ring (bicyclic) bond motifs is 3. The van der Waals surface area contributed by atoms with Crippen LogP contribution < -0.4 is 5.32 Å². The molecule has 1 aromatic heterocycles. The molecule has 3 heteroatoms. The van der Waals surface area contributed by atoms with Crippen LogP contribution in [0.5, 0.6) is 0 Å². The fourth-order valence-corrected chi connectivity index (χ4v) is 3.60. The zero-order valence-corrected chi connectivity index (χ0v) is 13.2. The fraction of sp³-hybridized carbons (Fsp3) is 0.250. The van der Waals surface area contributed by atoms with E-state index in [1.165, 1.54) is 22.2 Å². The second-order valence-corrected chi connectivity index (χ2v) is 6.15. The van der Waals surface area contributed by atoms with E-state index in [9.17, 15) is 4.79 Å². The molecule has 1 unspecified atom stereocenters. The number of carbonyl (C=O) groups excluding carboxylic acids is 1. The van der Waals surface area contributed by atoms with Crippen molar-refractivity contribution in [3.63, 3.8) is 0 Å². The summed E-state index contributed by atoms with van der Waals surface area (Å²) in [5.74, 6) is 0.280. The van der Waals surface area contributed by atoms with Gasteiger partial charge in [-0.05, 0) is 23.6 Å². The van der Waals surface area contributed by atoms with Crippen molar-refractivity contribution in [2.75, 3.05) is 0 Å². The van der Waals surface area contributed by atoms with Crippen molar-refractivity contribution in [2.24, 2.45) is 0 Å². The largest absolute Gasteiger partial charge is 0.357 e. The van der Waals surface area contributed by atoms with Gasteiger partial charge in [0.25, 0.3) is 0 Å². The molecular formula is C20H20N2O. The summed E-state index contributed by atoms with van der Waals surface area (Å²) >= 11 is 0. The average molecular weight is 304 g/mol. The van der Waals surface area contributed by atoms with E-state index in [4.69, 9.17) is 0 Å². The summed E-state index contributed by atoms with van der Waals surface area (Å²) in [6.45, 7) is 1.94. The molecule has 116 valence electrons. The van der Waals surface area contributed by atoms with Gasteiger partial charge in [-0.3, -0.25) is 10.1 Å². The summed E-state index contributed by atoms with van der Waals surface area (Å²) in [7, 11) is 0. The van der Waals surface area contributed by atoms with E-state index in [2.05, 4.69) is 40.6 Å². The smallest absolute Gasteiger partial charge is 0.149 e. The predicted octanol–water partition coefficient (Wildman–Crippen LogP) is 3.75. The Morgan fingerprint density at radius 3 is 2.61 bits per heavy atom. The summed E-state index contributed by atoms with van der Waals surface area (Å²) in [4.78, 5) is 15.9. The molecule has 1 aliphatic heterocycles. The van der Waals surface area contributed by atoms with Crippen LogP contribution in [0.1, 0.15) is 36.2 Å². The molecule has 1 aliphatic rings. The molecule has 0 fully saturated rings. The zero-order valence-electron chi connectivity index (χ0n) is 13.2. The molecular weight excluding hydrogens is 284 g/mol. The molecule has 3 aromatic rings. The van der Waals surface area contributed by atoms with E-state index in [0.717, 1.165) is 11.9 Å². The lowest BCUT2D eigenvalue weighted by atomic mass is 9.88. The number of hydrogen-bond acceptors (Lipinski definition) is 2. The number of Topliss-reactive ketones (excluding diaryl/α,β-unsaturated/α-hetero) is 1. The van der Waals surface area contributed by atoms with Crippen molar-refractivity contribution in [2.45, 2.75) is 31.8 Å². The Balaban J connectivity index is 1.88. The Bertz CT molecular complexity index is 850. The molecule has 0 bridgehead atoms. The van der Waals surface area contributed by atoms with Crippen LogP contribution in [-0.4, -0.2) is 16.8 Å². The molecule has 2 aromatic carbocycles. The third-order valence-electron chi connectivity index (χ3n) is 4.78. The van der Waals surface area contributed by atoms with Crippen LogP contribution in [0.25, 0.3) is 10.9 Å². The Hall–Kier alpha value is -2.39. The standard InChI is InChI=1S/C20H20N2O/c1-2-18(23)17-12-15-14-10-6-7-11-16(14)21-20(15)19(22-17)13-8-4-3-5-9-13/h3-11,17,19,21-22H,2,12H2,1H3/t17-,19?/m0/s1. The van der Waals surface area contributed by atoms with Gasteiger partial charge in [0, 0.05) is 23.0 Å². The molecule has 4 rings (SSSR count). The number of aromatic amines is 1. The van der Waals surface area contributed by atoms with Crippen LogP contribution in [0.15, 0.2) is 54.6 Å². The Kier molecular flexibility index (Phi) is 3.50. The van der Waals surface area contributed by atoms with E-state index in [-0.39, 0.29) is 17.9 Å². The topological polar surface area (TPSA) is 44.9 Å². The van der Waals surface area contributed by atoms with Crippen molar-refractivity contribution in [3.05, 3.63) is 71.4 Å². The number of rotatable bonds is 3. The minimum atomic E-state index is -0.114. The van der Waals surface area contributed by atoms with E-state index in [0.29, 0.717) is 6.42 Å². The van der Waals surface area contributed by atoms with E-state index in [1.807, 2.05) is 31.2 Å². The second kappa shape index (κ2) is 5.67. The van der Waals surface area contributed by atoms with Crippen molar-refractivity contribution < 1.29 is 4.79 Å². The normalized spacial score (nSPS) is 20.4. The quantitative estimate of drug-likeness (QED) is 0.774. The van der Waals surface area contributed by atoms with Gasteiger partial charge < -0.3 is 4.98 Å². The first kappa shape index (κ1) is 14.2. The first-order chi connectivity index (χ1) is 11.3. The first-order valence-electron chi connectivity index (χ1n) is 8.21. The monoisotopic (exact) mass is 304 g/mol. The Morgan fingerprint density at radius 1 is 1.09 bits per heavy atom. The number of hydrogen-bond donors (Lipinski definition) is 2. The van der Waals surface area contributed by atoms with Gasteiger partial charge in [0.15, 0.2) is 0 Å². The zero-order chi connectivity index (χ0) is 15.8. The minimum Gasteiger partial charge on any atom is -0.357 e. The van der Waals surface area contributed by atoms with Crippen LogP contribution in [0.3, 0.4) is 0 Å². The lowest BCUT2D eigenvalue weighted by Gasteiger charge is -2.31. The van der Waals surface area contributed by atoms with E-state index < -0.39 is 0 Å². The number of aromatic nitrogens is 1. The summed E-state index contributed by atoms with van der Waals surface area (Å²) in [6, 6.07) is 18.6. The van der Waals surface area contributed by atoms with Gasteiger partial charge in [-0.25, -0.2) is 0 Å². The van der Waals surface area contributed by atoms with Gasteiger partial charge in [0.05, 0.1) is 12.1 Å². The van der Waals surface area contributed by atoms with Gasteiger partial charge >= 0.3 is 0 Å². The molecule has 3 nitrogen and oxygen atoms in total. The maximum Gasteiger partial charge on any atom is 0.149 e. The number of nitrogens with one attached hydrogen (secondary N) is 2. The third-order valence-corrected chi connectivity index (χ3v) is 4.78. The molecule has 0 saturated heterocycles. The summed E-state index contributed by atoms with van der Waals surface area (Å²) < 4.78 is 0. The number of benzene rings is 2. The number of ketones is 1. The summed E-state index contributed by atoms with van der Waals surface area (Å²) in [6.07, 6.45) is 1.33. The third kappa shape index (κ3) is 2.37. The molecule has 2 heterocycles. The Morgan fingerprint density at radius 2 is 1.83 bits per heavy atom. The van der Waals surface area contributed by atoms with E-state index >= 15 is 0 Å². The van der Waals surface area contributed by atoms with E-state index in [1.54, 1.807) is 0 Å². The first-order valence-corrected chi connectivity index (χ1v) is 8.21. The fourth-order valence-electron chi connectivity index (χ4n) is 3.60. The van der Waals surface area contributed by atoms with Crippen LogP contribution in [0, 0.1) is 0 Å². The molecule has 2 N–H and O–H groups in total. The number of para-hydroxylation sites is 1. The molecule has 23 heavy (non-hydrogen) atoms. The number of H-pyrrole nitrogens is 1. The van der Waals surface area contributed by atoms with Crippen molar-refractivity contribution in [1.82, 2.24) is 10.3 Å². The van der Waals surface area contributed by atoms with Gasteiger partial charge in [0.1, 0.15) is 5.78 Å². The highest BCUT2D eigenvalue weighted by Crippen LogP contribution is 2.35. The summed E-state index contributed by atoms with van der Waals surface area (Å²) in [5, 5.41) is 4.79. The number of carbonyl (C=O) groups is 1. The molecule has 0 saturated carbocycles. The summed E-state index contributed by atoms with van der Waals surface area (Å²) in [5.41, 5.74) is 4.80. The molecule has 0 amide bonds. The van der Waals surface area contributed by atoms with Crippen molar-refractivity contribution in [3.8, 4) is 0 Å². The predicted molar refractivity (Wildman–Crippen MR) is 92.5 cm³/mol. The van der Waals surface area contributed by atoms with Gasteiger partial charge in [-0.1, -0.05) is 55.5 Å². The van der Waals surface area contributed by atoms with Gasteiger partial charge in [0.2, 0.25) is 0 Å². The van der Waals surface area contributed by atoms with Crippen LogP contribution in [0.2, 0.25) is 0 Å². The maximum atomic E-state index is 12.3.